The summed E-state index contributed by atoms with van der Waals surface area (Å²) >= 11 is 1.40. The third-order valence-electron chi connectivity index (χ3n) is 3.15. The van der Waals surface area contributed by atoms with Gasteiger partial charge in [0, 0.05) is 24.5 Å². The number of amidine groups is 1. The minimum atomic E-state index is -0.164. The van der Waals surface area contributed by atoms with E-state index in [1.807, 2.05) is 61.8 Å². The molecule has 116 valence electrons. The molecule has 23 heavy (non-hydrogen) atoms. The zero-order chi connectivity index (χ0) is 16.1. The summed E-state index contributed by atoms with van der Waals surface area (Å²) in [4.78, 5) is 12.1. The minimum absolute atomic E-state index is 0.164. The van der Waals surface area contributed by atoms with E-state index in [2.05, 4.69) is 15.7 Å². The largest absolute Gasteiger partial charge is 0.359 e. The van der Waals surface area contributed by atoms with Crippen LogP contribution in [0, 0.1) is 0 Å². The first-order valence-corrected chi connectivity index (χ1v) is 7.92. The molecule has 0 aromatic heterocycles. The molecule has 0 atom stereocenters. The topological polar surface area (TPSA) is 56.7 Å². The lowest BCUT2D eigenvalue weighted by Crippen LogP contribution is -2.27. The number of rotatable bonds is 3. The minimum Gasteiger partial charge on any atom is -0.359 e. The summed E-state index contributed by atoms with van der Waals surface area (Å²) in [5.74, 6) is -0.164. The van der Waals surface area contributed by atoms with Gasteiger partial charge in [0.2, 0.25) is 0 Å². The highest BCUT2D eigenvalue weighted by Crippen LogP contribution is 2.27. The van der Waals surface area contributed by atoms with Crippen LogP contribution in [0.3, 0.4) is 0 Å². The summed E-state index contributed by atoms with van der Waals surface area (Å²) in [6.07, 6.45) is 1.87. The second-order valence-electron chi connectivity index (χ2n) is 4.84. The van der Waals surface area contributed by atoms with Crippen LogP contribution in [0.5, 0.6) is 0 Å². The van der Waals surface area contributed by atoms with Gasteiger partial charge >= 0.3 is 0 Å². The van der Waals surface area contributed by atoms with Crippen molar-refractivity contribution in [2.24, 2.45) is 5.10 Å². The van der Waals surface area contributed by atoms with E-state index in [-0.39, 0.29) is 5.91 Å². The van der Waals surface area contributed by atoms with Gasteiger partial charge in [-0.2, -0.15) is 0 Å². The van der Waals surface area contributed by atoms with E-state index >= 15 is 0 Å². The van der Waals surface area contributed by atoms with Crippen LogP contribution in [0.2, 0.25) is 0 Å². The van der Waals surface area contributed by atoms with Crippen LogP contribution in [-0.2, 0) is 0 Å². The van der Waals surface area contributed by atoms with Gasteiger partial charge in [-0.1, -0.05) is 36.4 Å². The molecule has 1 aliphatic heterocycles. The van der Waals surface area contributed by atoms with E-state index in [0.717, 1.165) is 10.7 Å². The Morgan fingerprint density at radius 1 is 1.09 bits per heavy atom. The molecule has 0 fully saturated rings. The summed E-state index contributed by atoms with van der Waals surface area (Å²) in [6.45, 7) is 0. The van der Waals surface area contributed by atoms with Crippen molar-refractivity contribution in [3.05, 3.63) is 77.5 Å². The van der Waals surface area contributed by atoms with Crippen LogP contribution >= 0.6 is 11.8 Å². The average molecular weight is 324 g/mol. The number of thioether (sulfide) groups is 1. The highest BCUT2D eigenvalue weighted by atomic mass is 32.2. The Balaban J connectivity index is 1.61. The number of para-hydroxylation sites is 1. The number of hydrazone groups is 1. The number of carbonyl (C=O) groups excluding carboxylic acids is 1. The molecule has 0 bridgehead atoms. The van der Waals surface area contributed by atoms with Crippen LogP contribution in [0.15, 0.2) is 77.0 Å². The average Bonchev–Trinajstić information content (AvgIpc) is 2.94. The van der Waals surface area contributed by atoms with E-state index in [1.54, 1.807) is 17.1 Å². The Morgan fingerprint density at radius 3 is 2.43 bits per heavy atom. The van der Waals surface area contributed by atoms with Crippen molar-refractivity contribution in [1.29, 1.82) is 0 Å². The van der Waals surface area contributed by atoms with E-state index < -0.39 is 0 Å². The maximum Gasteiger partial charge on any atom is 0.257 e. The molecule has 5 nitrogen and oxygen atoms in total. The second-order valence-corrected chi connectivity index (χ2v) is 5.85. The normalized spacial score (nSPS) is 15.4. The maximum absolute atomic E-state index is 12.1. The summed E-state index contributed by atoms with van der Waals surface area (Å²) in [5.41, 5.74) is 1.61. The number of benzene rings is 2. The fourth-order valence-electron chi connectivity index (χ4n) is 1.98. The molecule has 0 aliphatic carbocycles. The van der Waals surface area contributed by atoms with Crippen LogP contribution < -0.4 is 10.6 Å². The molecule has 0 unspecified atom stereocenters. The Bertz CT molecular complexity index is 744. The van der Waals surface area contributed by atoms with Gasteiger partial charge in [0.1, 0.15) is 5.03 Å². The van der Waals surface area contributed by atoms with Crippen molar-refractivity contribution in [2.45, 2.75) is 0 Å². The monoisotopic (exact) mass is 324 g/mol. The third-order valence-corrected chi connectivity index (χ3v) is 4.12. The standard InChI is InChI=1S/C17H16N4OS/c1-21-15(12-18-14-10-6-3-7-11-14)23-17(20-21)19-16(22)13-8-4-2-5-9-13/h2-12,18H,1H3,(H,19,20,22)/b15-12-. The van der Waals surface area contributed by atoms with Crippen LogP contribution in [0.1, 0.15) is 10.4 Å². The molecule has 1 heterocycles. The Morgan fingerprint density at radius 2 is 1.74 bits per heavy atom. The Labute approximate surface area is 139 Å². The molecular weight excluding hydrogens is 308 g/mol. The summed E-state index contributed by atoms with van der Waals surface area (Å²) in [7, 11) is 1.84. The molecular formula is C17H16N4OS. The van der Waals surface area contributed by atoms with Crippen molar-refractivity contribution in [3.8, 4) is 0 Å². The summed E-state index contributed by atoms with van der Waals surface area (Å²) in [5, 5.41) is 13.5. The van der Waals surface area contributed by atoms with E-state index in [0.29, 0.717) is 10.7 Å². The second kappa shape index (κ2) is 7.02. The van der Waals surface area contributed by atoms with Gasteiger partial charge in [0.25, 0.3) is 5.91 Å². The number of nitrogens with zero attached hydrogens (tertiary/aromatic N) is 2. The SMILES string of the molecule is CN1N=C(NC(=O)c2ccccc2)S/C1=C\Nc1ccccc1. The van der Waals surface area contributed by atoms with Crippen molar-refractivity contribution >= 4 is 28.5 Å². The molecule has 2 aromatic carbocycles. The first-order chi connectivity index (χ1) is 11.2. The number of anilines is 1. The number of amides is 1. The lowest BCUT2D eigenvalue weighted by atomic mass is 10.2. The first kappa shape index (κ1) is 15.2. The van der Waals surface area contributed by atoms with Crippen molar-refractivity contribution < 1.29 is 4.79 Å². The summed E-state index contributed by atoms with van der Waals surface area (Å²) < 4.78 is 0. The Kier molecular flexibility index (Phi) is 4.63. The number of nitrogens with one attached hydrogen (secondary N) is 2. The molecule has 0 radical (unpaired) electrons. The van der Waals surface area contributed by atoms with Gasteiger partial charge in [0.05, 0.1) is 0 Å². The number of hydrogen-bond donors (Lipinski definition) is 2. The smallest absolute Gasteiger partial charge is 0.257 e. The molecule has 2 N–H and O–H groups in total. The van der Waals surface area contributed by atoms with Gasteiger partial charge in [-0.15, -0.1) is 5.10 Å². The van der Waals surface area contributed by atoms with Crippen LogP contribution in [0.4, 0.5) is 5.69 Å². The van der Waals surface area contributed by atoms with Crippen LogP contribution in [-0.4, -0.2) is 23.1 Å². The highest BCUT2D eigenvalue weighted by molar-refractivity contribution is 8.17. The van der Waals surface area contributed by atoms with Gasteiger partial charge in [0.15, 0.2) is 5.17 Å². The predicted octanol–water partition coefficient (Wildman–Crippen LogP) is 3.28. The molecule has 3 rings (SSSR count). The van der Waals surface area contributed by atoms with Gasteiger partial charge in [-0.3, -0.25) is 15.1 Å². The number of carbonyl (C=O) groups is 1. The molecule has 6 heteroatoms. The van der Waals surface area contributed by atoms with E-state index in [9.17, 15) is 4.79 Å². The quantitative estimate of drug-likeness (QED) is 0.910. The molecule has 0 saturated heterocycles. The molecule has 1 amide bonds. The predicted molar refractivity (Wildman–Crippen MR) is 94.8 cm³/mol. The zero-order valence-corrected chi connectivity index (χ0v) is 13.4. The van der Waals surface area contributed by atoms with Crippen molar-refractivity contribution in [2.75, 3.05) is 12.4 Å². The summed E-state index contributed by atoms with van der Waals surface area (Å²) in [6, 6.07) is 18.9. The van der Waals surface area contributed by atoms with Gasteiger partial charge in [-0.25, -0.2) is 0 Å². The zero-order valence-electron chi connectivity index (χ0n) is 12.6. The van der Waals surface area contributed by atoms with Gasteiger partial charge in [-0.05, 0) is 36.0 Å². The molecule has 0 saturated carbocycles. The maximum atomic E-state index is 12.1. The number of hydrogen-bond acceptors (Lipinski definition) is 5. The van der Waals surface area contributed by atoms with Crippen molar-refractivity contribution in [3.63, 3.8) is 0 Å². The fourth-order valence-corrected chi connectivity index (χ4v) is 2.78. The lowest BCUT2D eigenvalue weighted by molar-refractivity contribution is 0.0977. The fraction of sp³-hybridized carbons (Fsp3) is 0.0588. The highest BCUT2D eigenvalue weighted by Gasteiger charge is 2.20. The molecule has 1 aliphatic rings. The van der Waals surface area contributed by atoms with E-state index in [1.165, 1.54) is 11.8 Å². The Hall–Kier alpha value is -2.73. The third kappa shape index (κ3) is 3.92. The van der Waals surface area contributed by atoms with E-state index in [4.69, 9.17) is 0 Å². The van der Waals surface area contributed by atoms with Crippen LogP contribution in [0.25, 0.3) is 0 Å². The molecule has 0 spiro atoms. The first-order valence-electron chi connectivity index (χ1n) is 7.11. The van der Waals surface area contributed by atoms with Crippen molar-refractivity contribution in [1.82, 2.24) is 10.3 Å². The molecule has 2 aromatic rings. The van der Waals surface area contributed by atoms with Gasteiger partial charge < -0.3 is 5.32 Å². The lowest BCUT2D eigenvalue weighted by Gasteiger charge is -2.08.